The largest absolute Gasteiger partial charge is 0.361 e. The Labute approximate surface area is 161 Å². The number of para-hydroxylation sites is 1. The van der Waals surface area contributed by atoms with Gasteiger partial charge in [0.25, 0.3) is 11.8 Å². The monoisotopic (exact) mass is 377 g/mol. The van der Waals surface area contributed by atoms with Crippen LogP contribution in [0.25, 0.3) is 5.65 Å². The molecular weight excluding hydrogens is 358 g/mol. The maximum atomic E-state index is 13.1. The van der Waals surface area contributed by atoms with Crippen LogP contribution in [0, 0.1) is 0 Å². The number of ether oxygens (including phenoxy) is 1. The van der Waals surface area contributed by atoms with Gasteiger partial charge < -0.3 is 14.5 Å². The molecule has 3 aromatic rings. The maximum absolute atomic E-state index is 13.1. The van der Waals surface area contributed by atoms with Crippen LogP contribution in [-0.2, 0) is 9.53 Å². The first-order valence-electron chi connectivity index (χ1n) is 9.22. The number of fused-ring (bicyclic) bond motifs is 1. The zero-order valence-corrected chi connectivity index (χ0v) is 15.2. The van der Waals surface area contributed by atoms with Crippen LogP contribution < -0.4 is 4.90 Å². The van der Waals surface area contributed by atoms with Crippen LogP contribution in [0.3, 0.4) is 0 Å². The van der Waals surface area contributed by atoms with E-state index >= 15 is 0 Å². The molecule has 28 heavy (non-hydrogen) atoms. The Balaban J connectivity index is 1.37. The minimum absolute atomic E-state index is 0.0230. The van der Waals surface area contributed by atoms with Gasteiger partial charge in [0.15, 0.2) is 5.65 Å². The molecule has 1 unspecified atom stereocenters. The molecule has 4 heterocycles. The predicted octanol–water partition coefficient (Wildman–Crippen LogP) is 1.38. The summed E-state index contributed by atoms with van der Waals surface area (Å²) >= 11 is 0. The number of carbonyl (C=O) groups is 2. The standard InChI is InChI=1S/C20H19N5O3/c26-17-12-28-20(14-24(17)15-5-2-1-3-6-15)7-10-23(13-20)19(27)16-11-22-25-9-4-8-21-18(16)25/h1-6,8-9,11H,7,10,12-14H2. The van der Waals surface area contributed by atoms with Gasteiger partial charge in [0.1, 0.15) is 17.8 Å². The first-order chi connectivity index (χ1) is 13.7. The lowest BCUT2D eigenvalue weighted by Gasteiger charge is -2.40. The second-order valence-electron chi connectivity index (χ2n) is 7.21. The van der Waals surface area contributed by atoms with Gasteiger partial charge in [0, 0.05) is 24.6 Å². The van der Waals surface area contributed by atoms with E-state index in [1.54, 1.807) is 39.0 Å². The highest BCUT2D eigenvalue weighted by molar-refractivity contribution is 6.00. The van der Waals surface area contributed by atoms with Gasteiger partial charge >= 0.3 is 0 Å². The summed E-state index contributed by atoms with van der Waals surface area (Å²) in [6, 6.07) is 11.3. The molecule has 142 valence electrons. The second-order valence-corrected chi connectivity index (χ2v) is 7.21. The highest BCUT2D eigenvalue weighted by Gasteiger charge is 2.47. The Hall–Kier alpha value is -3.26. The molecule has 2 fully saturated rings. The average Bonchev–Trinajstić information content (AvgIpc) is 3.35. The first-order valence-corrected chi connectivity index (χ1v) is 9.22. The maximum Gasteiger partial charge on any atom is 0.259 e. The zero-order chi connectivity index (χ0) is 19.1. The van der Waals surface area contributed by atoms with Gasteiger partial charge in [-0.3, -0.25) is 9.59 Å². The van der Waals surface area contributed by atoms with Crippen molar-refractivity contribution in [2.75, 3.05) is 31.1 Å². The molecule has 0 N–H and O–H groups in total. The van der Waals surface area contributed by atoms with Gasteiger partial charge in [0.2, 0.25) is 0 Å². The fraction of sp³-hybridized carbons (Fsp3) is 0.300. The average molecular weight is 377 g/mol. The third-order valence-corrected chi connectivity index (χ3v) is 5.43. The summed E-state index contributed by atoms with van der Waals surface area (Å²) in [6.45, 7) is 1.47. The quantitative estimate of drug-likeness (QED) is 0.674. The Morgan fingerprint density at radius 2 is 2.00 bits per heavy atom. The number of anilines is 1. The van der Waals surface area contributed by atoms with Crippen LogP contribution in [0.1, 0.15) is 16.8 Å². The molecule has 2 amide bonds. The Morgan fingerprint density at radius 1 is 1.14 bits per heavy atom. The van der Waals surface area contributed by atoms with Crippen LogP contribution in [0.2, 0.25) is 0 Å². The van der Waals surface area contributed by atoms with Crippen LogP contribution in [0.5, 0.6) is 0 Å². The molecule has 2 aliphatic rings. The molecule has 2 aromatic heterocycles. The molecule has 0 aliphatic carbocycles. The van der Waals surface area contributed by atoms with E-state index in [4.69, 9.17) is 4.74 Å². The van der Waals surface area contributed by atoms with E-state index in [1.165, 1.54) is 0 Å². The number of carbonyl (C=O) groups excluding carboxylic acids is 2. The Morgan fingerprint density at radius 3 is 2.86 bits per heavy atom. The van der Waals surface area contributed by atoms with E-state index in [9.17, 15) is 9.59 Å². The van der Waals surface area contributed by atoms with E-state index < -0.39 is 5.60 Å². The van der Waals surface area contributed by atoms with Gasteiger partial charge in [0.05, 0.1) is 19.3 Å². The summed E-state index contributed by atoms with van der Waals surface area (Å²) in [6.07, 6.45) is 5.64. The lowest BCUT2D eigenvalue weighted by molar-refractivity contribution is -0.137. The highest BCUT2D eigenvalue weighted by atomic mass is 16.5. The molecule has 2 saturated heterocycles. The minimum Gasteiger partial charge on any atom is -0.361 e. The van der Waals surface area contributed by atoms with Crippen LogP contribution in [-0.4, -0.2) is 63.2 Å². The number of morpholine rings is 1. The van der Waals surface area contributed by atoms with Crippen molar-refractivity contribution in [3.63, 3.8) is 0 Å². The third-order valence-electron chi connectivity index (χ3n) is 5.43. The Bertz CT molecular complexity index is 1050. The molecular formula is C20H19N5O3. The number of nitrogens with zero attached hydrogens (tertiary/aromatic N) is 5. The molecule has 1 aromatic carbocycles. The van der Waals surface area contributed by atoms with E-state index in [0.29, 0.717) is 37.3 Å². The molecule has 8 nitrogen and oxygen atoms in total. The van der Waals surface area contributed by atoms with E-state index in [0.717, 1.165) is 5.69 Å². The Kier molecular flexibility index (Phi) is 3.87. The molecule has 8 heteroatoms. The molecule has 0 bridgehead atoms. The van der Waals surface area contributed by atoms with Crippen molar-refractivity contribution in [2.24, 2.45) is 0 Å². The summed E-state index contributed by atoms with van der Waals surface area (Å²) in [5.41, 5.74) is 1.32. The molecule has 1 spiro atoms. The van der Waals surface area contributed by atoms with Crippen molar-refractivity contribution >= 4 is 23.1 Å². The number of amides is 2. The summed E-state index contributed by atoms with van der Waals surface area (Å²) in [7, 11) is 0. The van der Waals surface area contributed by atoms with E-state index in [2.05, 4.69) is 10.1 Å². The summed E-state index contributed by atoms with van der Waals surface area (Å²) in [5, 5.41) is 4.20. The lowest BCUT2D eigenvalue weighted by atomic mass is 10.00. The molecule has 5 rings (SSSR count). The van der Waals surface area contributed by atoms with Gasteiger partial charge in [-0.15, -0.1) is 0 Å². The highest BCUT2D eigenvalue weighted by Crippen LogP contribution is 2.32. The third kappa shape index (κ3) is 2.73. The van der Waals surface area contributed by atoms with Gasteiger partial charge in [-0.25, -0.2) is 9.50 Å². The number of hydrogen-bond donors (Lipinski definition) is 0. The fourth-order valence-corrected chi connectivity index (χ4v) is 3.97. The van der Waals surface area contributed by atoms with Crippen molar-refractivity contribution < 1.29 is 14.3 Å². The SMILES string of the molecule is O=C(c1cnn2cccnc12)N1CCC2(C1)CN(c1ccccc1)C(=O)CO2. The van der Waals surface area contributed by atoms with Gasteiger partial charge in [-0.1, -0.05) is 18.2 Å². The number of aromatic nitrogens is 3. The summed E-state index contributed by atoms with van der Waals surface area (Å²) < 4.78 is 7.54. The van der Waals surface area contributed by atoms with E-state index in [-0.39, 0.29) is 18.4 Å². The molecule has 2 aliphatic heterocycles. The number of likely N-dealkylation sites (tertiary alicyclic amines) is 1. The first kappa shape index (κ1) is 16.9. The smallest absolute Gasteiger partial charge is 0.259 e. The topological polar surface area (TPSA) is 80.0 Å². The fourth-order valence-electron chi connectivity index (χ4n) is 3.97. The molecule has 1 atom stereocenters. The van der Waals surface area contributed by atoms with Crippen molar-refractivity contribution in [1.82, 2.24) is 19.5 Å². The lowest BCUT2D eigenvalue weighted by Crippen LogP contribution is -2.56. The summed E-state index contributed by atoms with van der Waals surface area (Å²) in [4.78, 5) is 33.2. The van der Waals surface area contributed by atoms with E-state index in [1.807, 2.05) is 30.3 Å². The zero-order valence-electron chi connectivity index (χ0n) is 15.2. The van der Waals surface area contributed by atoms with Crippen molar-refractivity contribution in [3.05, 3.63) is 60.6 Å². The molecule has 0 radical (unpaired) electrons. The van der Waals surface area contributed by atoms with Crippen LogP contribution >= 0.6 is 0 Å². The minimum atomic E-state index is -0.546. The van der Waals surface area contributed by atoms with Gasteiger partial charge in [-0.05, 0) is 24.6 Å². The van der Waals surface area contributed by atoms with Crippen LogP contribution in [0.15, 0.2) is 55.0 Å². The second kappa shape index (κ2) is 6.42. The molecule has 0 saturated carbocycles. The van der Waals surface area contributed by atoms with Gasteiger partial charge in [-0.2, -0.15) is 5.10 Å². The van der Waals surface area contributed by atoms with Crippen molar-refractivity contribution in [2.45, 2.75) is 12.0 Å². The van der Waals surface area contributed by atoms with Crippen molar-refractivity contribution in [1.29, 1.82) is 0 Å². The van der Waals surface area contributed by atoms with Crippen molar-refractivity contribution in [3.8, 4) is 0 Å². The predicted molar refractivity (Wildman–Crippen MR) is 101 cm³/mol. The number of benzene rings is 1. The number of rotatable bonds is 2. The van der Waals surface area contributed by atoms with Crippen LogP contribution in [0.4, 0.5) is 5.69 Å². The summed E-state index contributed by atoms with van der Waals surface area (Å²) in [5.74, 6) is -0.175. The normalized spacial score (nSPS) is 22.4. The number of hydrogen-bond acceptors (Lipinski definition) is 5.